The molecule has 0 aromatic heterocycles. The lowest BCUT2D eigenvalue weighted by Crippen LogP contribution is -2.40. The molecule has 1 rings (SSSR count). The van der Waals surface area contributed by atoms with E-state index in [4.69, 9.17) is 0 Å². The predicted molar refractivity (Wildman–Crippen MR) is 71.9 cm³/mol. The Bertz CT molecular complexity index is 249. The second kappa shape index (κ2) is 6.39. The molecular formula is C14H28N2O. The molecule has 3 nitrogen and oxygen atoms in total. The van der Waals surface area contributed by atoms with Crippen LogP contribution in [0.5, 0.6) is 0 Å². The van der Waals surface area contributed by atoms with Crippen molar-refractivity contribution >= 4 is 5.91 Å². The van der Waals surface area contributed by atoms with Crippen molar-refractivity contribution in [3.05, 3.63) is 0 Å². The number of rotatable bonds is 6. The zero-order valence-corrected chi connectivity index (χ0v) is 11.8. The quantitative estimate of drug-likeness (QED) is 0.748. The van der Waals surface area contributed by atoms with Gasteiger partial charge in [-0.15, -0.1) is 0 Å². The molecule has 1 aliphatic rings. The van der Waals surface area contributed by atoms with Gasteiger partial charge < -0.3 is 10.6 Å². The lowest BCUT2D eigenvalue weighted by Gasteiger charge is -2.27. The third-order valence-electron chi connectivity index (χ3n) is 3.71. The molecule has 0 bridgehead atoms. The molecule has 2 N–H and O–H groups in total. The summed E-state index contributed by atoms with van der Waals surface area (Å²) in [6.07, 6.45) is 4.45. The monoisotopic (exact) mass is 240 g/mol. The Morgan fingerprint density at radius 2 is 2.12 bits per heavy atom. The first-order valence-corrected chi connectivity index (χ1v) is 6.92. The van der Waals surface area contributed by atoms with Crippen LogP contribution in [0.3, 0.4) is 0 Å². The summed E-state index contributed by atoms with van der Waals surface area (Å²) in [7, 11) is 0. The van der Waals surface area contributed by atoms with Crippen molar-refractivity contribution < 1.29 is 4.79 Å². The molecule has 1 saturated carbocycles. The van der Waals surface area contributed by atoms with Gasteiger partial charge in [-0.1, -0.05) is 34.1 Å². The van der Waals surface area contributed by atoms with Crippen molar-refractivity contribution in [1.29, 1.82) is 0 Å². The van der Waals surface area contributed by atoms with Crippen LogP contribution in [0.4, 0.5) is 0 Å². The molecule has 0 aromatic rings. The highest BCUT2D eigenvalue weighted by Gasteiger charge is 2.33. The highest BCUT2D eigenvalue weighted by molar-refractivity contribution is 5.76. The molecule has 0 radical (unpaired) electrons. The Kier molecular flexibility index (Phi) is 5.44. The van der Waals surface area contributed by atoms with Crippen LogP contribution >= 0.6 is 0 Å². The van der Waals surface area contributed by atoms with Crippen LogP contribution in [0.15, 0.2) is 0 Å². The smallest absolute Gasteiger partial charge is 0.221 e. The van der Waals surface area contributed by atoms with Crippen LogP contribution in [-0.2, 0) is 4.79 Å². The van der Waals surface area contributed by atoms with Crippen molar-refractivity contribution in [1.82, 2.24) is 10.6 Å². The van der Waals surface area contributed by atoms with Crippen LogP contribution in [0, 0.1) is 11.3 Å². The number of hydrogen-bond acceptors (Lipinski definition) is 2. The Morgan fingerprint density at radius 1 is 1.41 bits per heavy atom. The molecule has 1 unspecified atom stereocenters. The number of amides is 1. The minimum Gasteiger partial charge on any atom is -0.356 e. The average Bonchev–Trinajstić information content (AvgIpc) is 2.55. The molecule has 0 heterocycles. The van der Waals surface area contributed by atoms with Crippen molar-refractivity contribution in [2.75, 3.05) is 13.1 Å². The van der Waals surface area contributed by atoms with Crippen molar-refractivity contribution in [2.24, 2.45) is 11.3 Å². The van der Waals surface area contributed by atoms with Gasteiger partial charge in [0.25, 0.3) is 0 Å². The standard InChI is InChI=1S/C14H28N2O/c1-11(2)10-16-13(17)7-9-15-12-6-5-8-14(12,3)4/h11-12,15H,5-10H2,1-4H3,(H,16,17). The molecule has 0 saturated heterocycles. The lowest BCUT2D eigenvalue weighted by atomic mass is 9.87. The van der Waals surface area contributed by atoms with Crippen LogP contribution in [0.25, 0.3) is 0 Å². The molecule has 100 valence electrons. The van der Waals surface area contributed by atoms with Gasteiger partial charge >= 0.3 is 0 Å². The second-order valence-electron chi connectivity index (χ2n) is 6.34. The van der Waals surface area contributed by atoms with Gasteiger partial charge in [-0.3, -0.25) is 4.79 Å². The van der Waals surface area contributed by atoms with E-state index in [0.29, 0.717) is 23.8 Å². The first-order valence-electron chi connectivity index (χ1n) is 6.92. The summed E-state index contributed by atoms with van der Waals surface area (Å²) in [5, 5.41) is 6.48. The Hall–Kier alpha value is -0.570. The molecule has 1 atom stereocenters. The SMILES string of the molecule is CC(C)CNC(=O)CCNC1CCCC1(C)C. The van der Waals surface area contributed by atoms with E-state index in [0.717, 1.165) is 13.1 Å². The van der Waals surface area contributed by atoms with Gasteiger partial charge in [0.1, 0.15) is 0 Å². The van der Waals surface area contributed by atoms with E-state index in [1.165, 1.54) is 19.3 Å². The van der Waals surface area contributed by atoms with Gasteiger partial charge in [0.2, 0.25) is 5.91 Å². The van der Waals surface area contributed by atoms with E-state index in [1.54, 1.807) is 0 Å². The Balaban J connectivity index is 2.13. The van der Waals surface area contributed by atoms with E-state index in [2.05, 4.69) is 38.3 Å². The molecular weight excluding hydrogens is 212 g/mol. The summed E-state index contributed by atoms with van der Waals surface area (Å²) >= 11 is 0. The van der Waals surface area contributed by atoms with Gasteiger partial charge in [-0.2, -0.15) is 0 Å². The zero-order valence-electron chi connectivity index (χ0n) is 11.8. The largest absolute Gasteiger partial charge is 0.356 e. The molecule has 0 aromatic carbocycles. The summed E-state index contributed by atoms with van der Waals surface area (Å²) in [5.74, 6) is 0.697. The van der Waals surface area contributed by atoms with Gasteiger partial charge in [-0.05, 0) is 24.2 Å². The van der Waals surface area contributed by atoms with E-state index in [-0.39, 0.29) is 5.91 Å². The average molecular weight is 240 g/mol. The highest BCUT2D eigenvalue weighted by Crippen LogP contribution is 2.36. The maximum atomic E-state index is 11.5. The lowest BCUT2D eigenvalue weighted by molar-refractivity contribution is -0.121. The fraction of sp³-hybridized carbons (Fsp3) is 0.929. The van der Waals surface area contributed by atoms with E-state index >= 15 is 0 Å². The van der Waals surface area contributed by atoms with Gasteiger partial charge in [-0.25, -0.2) is 0 Å². The molecule has 3 heteroatoms. The van der Waals surface area contributed by atoms with Crippen molar-refractivity contribution in [3.63, 3.8) is 0 Å². The summed E-state index contributed by atoms with van der Waals surface area (Å²) in [6.45, 7) is 10.4. The first kappa shape index (κ1) is 14.5. The van der Waals surface area contributed by atoms with E-state index in [1.807, 2.05) is 0 Å². The number of hydrogen-bond donors (Lipinski definition) is 2. The zero-order chi connectivity index (χ0) is 12.9. The van der Waals surface area contributed by atoms with Gasteiger partial charge in [0.05, 0.1) is 0 Å². The molecule has 1 aliphatic carbocycles. The normalized spacial score (nSPS) is 23.0. The number of carbonyl (C=O) groups excluding carboxylic acids is 1. The summed E-state index contributed by atoms with van der Waals surface area (Å²) in [5.41, 5.74) is 0.397. The topological polar surface area (TPSA) is 41.1 Å². The molecule has 0 aliphatic heterocycles. The molecule has 1 amide bonds. The van der Waals surface area contributed by atoms with Crippen LogP contribution in [-0.4, -0.2) is 25.0 Å². The van der Waals surface area contributed by atoms with Crippen molar-refractivity contribution in [2.45, 2.75) is 59.4 Å². The minimum absolute atomic E-state index is 0.169. The van der Waals surface area contributed by atoms with E-state index < -0.39 is 0 Å². The fourth-order valence-electron chi connectivity index (χ4n) is 2.47. The Morgan fingerprint density at radius 3 is 2.65 bits per heavy atom. The minimum atomic E-state index is 0.169. The van der Waals surface area contributed by atoms with Crippen LogP contribution in [0.2, 0.25) is 0 Å². The van der Waals surface area contributed by atoms with Gasteiger partial charge in [0, 0.05) is 25.6 Å². The fourth-order valence-corrected chi connectivity index (χ4v) is 2.47. The number of nitrogens with one attached hydrogen (secondary N) is 2. The first-order chi connectivity index (χ1) is 7.92. The van der Waals surface area contributed by atoms with Crippen LogP contribution in [0.1, 0.15) is 53.4 Å². The highest BCUT2D eigenvalue weighted by atomic mass is 16.1. The predicted octanol–water partition coefficient (Wildman–Crippen LogP) is 2.32. The second-order valence-corrected chi connectivity index (χ2v) is 6.34. The third kappa shape index (κ3) is 5.07. The Labute approximate surface area is 106 Å². The summed E-state index contributed by atoms with van der Waals surface area (Å²) in [4.78, 5) is 11.5. The van der Waals surface area contributed by atoms with Crippen molar-refractivity contribution in [3.8, 4) is 0 Å². The van der Waals surface area contributed by atoms with Crippen LogP contribution < -0.4 is 10.6 Å². The third-order valence-corrected chi connectivity index (χ3v) is 3.71. The maximum absolute atomic E-state index is 11.5. The molecule has 1 fully saturated rings. The maximum Gasteiger partial charge on any atom is 0.221 e. The number of carbonyl (C=O) groups is 1. The van der Waals surface area contributed by atoms with Gasteiger partial charge in [0.15, 0.2) is 0 Å². The molecule has 0 spiro atoms. The molecule has 17 heavy (non-hydrogen) atoms. The van der Waals surface area contributed by atoms with E-state index in [9.17, 15) is 4.79 Å². The summed E-state index contributed by atoms with van der Waals surface area (Å²) < 4.78 is 0. The summed E-state index contributed by atoms with van der Waals surface area (Å²) in [6, 6.07) is 0.584.